The van der Waals surface area contributed by atoms with Crippen molar-refractivity contribution in [3.8, 4) is 11.1 Å². The lowest BCUT2D eigenvalue weighted by atomic mass is 9.92. The van der Waals surface area contributed by atoms with Gasteiger partial charge in [-0.05, 0) is 61.9 Å². The van der Waals surface area contributed by atoms with E-state index in [-0.39, 0.29) is 11.7 Å². The van der Waals surface area contributed by atoms with E-state index >= 15 is 0 Å². The number of aromatic nitrogens is 3. The fourth-order valence-electron chi connectivity index (χ4n) is 5.01. The molecule has 0 aliphatic carbocycles. The summed E-state index contributed by atoms with van der Waals surface area (Å²) >= 11 is 0. The Kier molecular flexibility index (Phi) is 6.32. The van der Waals surface area contributed by atoms with E-state index in [1.165, 1.54) is 49.2 Å². The van der Waals surface area contributed by atoms with Crippen LogP contribution in [0.2, 0.25) is 0 Å². The van der Waals surface area contributed by atoms with Crippen molar-refractivity contribution in [3.63, 3.8) is 0 Å². The van der Waals surface area contributed by atoms with Crippen molar-refractivity contribution in [3.05, 3.63) is 48.0 Å². The quantitative estimate of drug-likeness (QED) is 0.585. The summed E-state index contributed by atoms with van der Waals surface area (Å²) in [6.45, 7) is 4.65. The Morgan fingerprint density at radius 1 is 1.06 bits per heavy atom. The highest BCUT2D eigenvalue weighted by Crippen LogP contribution is 2.29. The van der Waals surface area contributed by atoms with Gasteiger partial charge >= 0.3 is 0 Å². The summed E-state index contributed by atoms with van der Waals surface area (Å²) in [6.07, 6.45) is 9.84. The Labute approximate surface area is 189 Å². The zero-order valence-corrected chi connectivity index (χ0v) is 18.9. The Balaban J connectivity index is 1.39. The average molecular weight is 433 g/mol. The van der Waals surface area contributed by atoms with E-state index in [4.69, 9.17) is 4.74 Å². The van der Waals surface area contributed by atoms with Crippen LogP contribution >= 0.6 is 0 Å². The Morgan fingerprint density at radius 2 is 1.88 bits per heavy atom. The van der Waals surface area contributed by atoms with Crippen LogP contribution in [0.4, 0.5) is 0 Å². The number of hydrogen-bond donors (Lipinski definition) is 0. The minimum absolute atomic E-state index is 0.111. The molecule has 0 unspecified atom stereocenters. The molecule has 3 aromatic rings. The summed E-state index contributed by atoms with van der Waals surface area (Å²) in [7, 11) is 2.04. The van der Waals surface area contributed by atoms with E-state index in [0.717, 1.165) is 35.9 Å². The second-order valence-electron chi connectivity index (χ2n) is 9.23. The molecule has 0 atom stereocenters. The molecule has 2 aromatic heterocycles. The van der Waals surface area contributed by atoms with Crippen LogP contribution in [-0.2, 0) is 29.5 Å². The standard InChI is InChI=1S/C26H32N4O2/c1-29-25(18-30-9-3-2-4-10-30)24(17-28-29)20-5-6-21-16-27-23(14-22(21)13-20)15-26(31)19-7-11-32-12-8-19/h5-6,13-14,16-17,19H,2-4,7-12,15,18H2,1H3. The Hall–Kier alpha value is -2.57. The highest BCUT2D eigenvalue weighted by Gasteiger charge is 2.22. The number of fused-ring (bicyclic) bond motifs is 1. The lowest BCUT2D eigenvalue weighted by Gasteiger charge is -2.26. The van der Waals surface area contributed by atoms with Gasteiger partial charge in [0.1, 0.15) is 5.78 Å². The van der Waals surface area contributed by atoms with Crippen LogP contribution in [0.25, 0.3) is 21.9 Å². The van der Waals surface area contributed by atoms with Crippen LogP contribution in [0.1, 0.15) is 43.5 Å². The van der Waals surface area contributed by atoms with Gasteiger partial charge in [-0.1, -0.05) is 18.6 Å². The van der Waals surface area contributed by atoms with Gasteiger partial charge < -0.3 is 4.74 Å². The smallest absolute Gasteiger partial charge is 0.142 e. The van der Waals surface area contributed by atoms with Gasteiger partial charge in [0.25, 0.3) is 0 Å². The third-order valence-corrected chi connectivity index (χ3v) is 7.00. The molecule has 4 heterocycles. The molecule has 32 heavy (non-hydrogen) atoms. The van der Waals surface area contributed by atoms with Gasteiger partial charge in [-0.25, -0.2) is 0 Å². The molecular weight excluding hydrogens is 400 g/mol. The molecule has 0 bridgehead atoms. The molecule has 0 radical (unpaired) electrons. The number of hydrogen-bond acceptors (Lipinski definition) is 5. The van der Waals surface area contributed by atoms with Gasteiger partial charge in [0.2, 0.25) is 0 Å². The highest BCUT2D eigenvalue weighted by atomic mass is 16.5. The normalized spacial score (nSPS) is 18.3. The lowest BCUT2D eigenvalue weighted by Crippen LogP contribution is -2.30. The number of nitrogens with zero attached hydrogens (tertiary/aromatic N) is 4. The van der Waals surface area contributed by atoms with Crippen LogP contribution in [0.5, 0.6) is 0 Å². The molecule has 5 rings (SSSR count). The minimum Gasteiger partial charge on any atom is -0.381 e. The summed E-state index contributed by atoms with van der Waals surface area (Å²) in [6, 6.07) is 8.58. The summed E-state index contributed by atoms with van der Waals surface area (Å²) < 4.78 is 7.41. The zero-order chi connectivity index (χ0) is 21.9. The molecule has 0 N–H and O–H groups in total. The Bertz CT molecular complexity index is 1090. The topological polar surface area (TPSA) is 60.3 Å². The van der Waals surface area contributed by atoms with E-state index < -0.39 is 0 Å². The van der Waals surface area contributed by atoms with Crippen molar-refractivity contribution >= 4 is 16.6 Å². The molecule has 168 valence electrons. The molecule has 2 aliphatic rings. The second kappa shape index (κ2) is 9.51. The predicted octanol–water partition coefficient (Wildman–Crippen LogP) is 4.16. The number of piperidine rings is 1. The molecule has 6 heteroatoms. The van der Waals surface area contributed by atoms with E-state index in [1.807, 2.05) is 24.1 Å². The highest BCUT2D eigenvalue weighted by molar-refractivity contribution is 5.89. The van der Waals surface area contributed by atoms with E-state index in [1.54, 1.807) is 0 Å². The molecule has 2 saturated heterocycles. The molecule has 0 spiro atoms. The van der Waals surface area contributed by atoms with Crippen LogP contribution in [-0.4, -0.2) is 51.8 Å². The third kappa shape index (κ3) is 4.62. The van der Waals surface area contributed by atoms with E-state index in [2.05, 4.69) is 39.2 Å². The molecule has 2 fully saturated rings. The van der Waals surface area contributed by atoms with Gasteiger partial charge in [-0.2, -0.15) is 5.10 Å². The molecule has 2 aliphatic heterocycles. The SMILES string of the molecule is Cn1ncc(-c2ccc3cnc(CC(=O)C4CCOCC4)cc3c2)c1CN1CCCCC1. The van der Waals surface area contributed by atoms with E-state index in [9.17, 15) is 4.79 Å². The number of pyridine rings is 1. The Morgan fingerprint density at radius 3 is 2.69 bits per heavy atom. The average Bonchev–Trinajstić information content (AvgIpc) is 3.19. The first-order valence-electron chi connectivity index (χ1n) is 11.9. The second-order valence-corrected chi connectivity index (χ2v) is 9.23. The molecule has 0 amide bonds. The first-order chi connectivity index (χ1) is 15.7. The number of ether oxygens (including phenoxy) is 1. The third-order valence-electron chi connectivity index (χ3n) is 7.00. The van der Waals surface area contributed by atoms with Crippen LogP contribution in [0.3, 0.4) is 0 Å². The maximum atomic E-state index is 12.7. The minimum atomic E-state index is 0.111. The number of carbonyl (C=O) groups excluding carboxylic acids is 1. The fourth-order valence-corrected chi connectivity index (χ4v) is 5.01. The zero-order valence-electron chi connectivity index (χ0n) is 18.9. The summed E-state index contributed by atoms with van der Waals surface area (Å²) in [5, 5.41) is 6.79. The number of Topliss-reactive ketones (excluding diaryl/α,β-unsaturated/α-hetero) is 1. The van der Waals surface area contributed by atoms with Crippen molar-refractivity contribution in [2.24, 2.45) is 13.0 Å². The lowest BCUT2D eigenvalue weighted by molar-refractivity contribution is -0.125. The summed E-state index contributed by atoms with van der Waals surface area (Å²) in [5.41, 5.74) is 4.48. The van der Waals surface area contributed by atoms with Gasteiger partial charge in [-0.3, -0.25) is 19.4 Å². The van der Waals surface area contributed by atoms with Crippen LogP contribution in [0, 0.1) is 5.92 Å². The van der Waals surface area contributed by atoms with Crippen molar-refractivity contribution < 1.29 is 9.53 Å². The molecule has 1 aromatic carbocycles. The first-order valence-corrected chi connectivity index (χ1v) is 11.9. The largest absolute Gasteiger partial charge is 0.381 e. The van der Waals surface area contributed by atoms with Gasteiger partial charge in [0, 0.05) is 62.0 Å². The monoisotopic (exact) mass is 432 g/mol. The van der Waals surface area contributed by atoms with Crippen molar-refractivity contribution in [2.45, 2.75) is 45.1 Å². The number of likely N-dealkylation sites (tertiary alicyclic amines) is 1. The number of ketones is 1. The number of rotatable bonds is 6. The molecule has 6 nitrogen and oxygen atoms in total. The maximum absolute atomic E-state index is 12.7. The first kappa shape index (κ1) is 21.3. The van der Waals surface area contributed by atoms with Crippen molar-refractivity contribution in [2.75, 3.05) is 26.3 Å². The van der Waals surface area contributed by atoms with Crippen molar-refractivity contribution in [1.29, 1.82) is 0 Å². The van der Waals surface area contributed by atoms with Crippen molar-refractivity contribution in [1.82, 2.24) is 19.7 Å². The van der Waals surface area contributed by atoms with Crippen LogP contribution < -0.4 is 0 Å². The number of carbonyl (C=O) groups is 1. The number of aryl methyl sites for hydroxylation is 1. The maximum Gasteiger partial charge on any atom is 0.142 e. The predicted molar refractivity (Wildman–Crippen MR) is 125 cm³/mol. The fraction of sp³-hybridized carbons (Fsp3) is 0.500. The van der Waals surface area contributed by atoms with E-state index in [0.29, 0.717) is 19.6 Å². The van der Waals surface area contributed by atoms with Gasteiger partial charge in [-0.15, -0.1) is 0 Å². The summed E-state index contributed by atoms with van der Waals surface area (Å²) in [4.78, 5) is 19.8. The summed E-state index contributed by atoms with van der Waals surface area (Å²) in [5.74, 6) is 0.396. The molecular formula is C26H32N4O2. The van der Waals surface area contributed by atoms with Gasteiger partial charge in [0.05, 0.1) is 11.9 Å². The number of benzene rings is 1. The molecule has 0 saturated carbocycles. The van der Waals surface area contributed by atoms with Gasteiger partial charge in [0.15, 0.2) is 0 Å². The van der Waals surface area contributed by atoms with Crippen LogP contribution in [0.15, 0.2) is 36.7 Å².